The van der Waals surface area contributed by atoms with Crippen LogP contribution in [-0.2, 0) is 4.79 Å². The summed E-state index contributed by atoms with van der Waals surface area (Å²) in [5.41, 5.74) is 4.25. The Bertz CT molecular complexity index is 1070. The Balaban J connectivity index is 1.63. The van der Waals surface area contributed by atoms with E-state index in [4.69, 9.17) is 11.6 Å². The number of hydrogen-bond donors (Lipinski definition) is 3. The molecule has 2 heterocycles. The summed E-state index contributed by atoms with van der Waals surface area (Å²) in [5.74, 6) is -0.315. The first kappa shape index (κ1) is 18.3. The number of amides is 2. The fraction of sp³-hybridized carbons (Fsp3) is 0.190. The molecule has 1 aliphatic rings. The van der Waals surface area contributed by atoms with Crippen LogP contribution in [0, 0.1) is 0 Å². The van der Waals surface area contributed by atoms with E-state index in [1.165, 1.54) is 6.20 Å². The van der Waals surface area contributed by atoms with Gasteiger partial charge in [-0.25, -0.2) is 0 Å². The van der Waals surface area contributed by atoms with Crippen molar-refractivity contribution in [2.75, 3.05) is 5.32 Å². The van der Waals surface area contributed by atoms with Crippen molar-refractivity contribution in [3.8, 4) is 11.3 Å². The second-order valence-electron chi connectivity index (χ2n) is 7.07. The van der Waals surface area contributed by atoms with Crippen molar-refractivity contribution in [3.05, 3.63) is 70.4 Å². The first-order chi connectivity index (χ1) is 13.4. The molecule has 1 aromatic heterocycles. The third-order valence-corrected chi connectivity index (χ3v) is 5.08. The van der Waals surface area contributed by atoms with Gasteiger partial charge in [0, 0.05) is 21.8 Å². The summed E-state index contributed by atoms with van der Waals surface area (Å²) < 4.78 is 0. The van der Waals surface area contributed by atoms with Crippen LogP contribution in [0.5, 0.6) is 0 Å². The Labute approximate surface area is 167 Å². The van der Waals surface area contributed by atoms with Crippen LogP contribution in [0.1, 0.15) is 47.3 Å². The Kier molecular flexibility index (Phi) is 4.65. The lowest BCUT2D eigenvalue weighted by Gasteiger charge is -2.14. The van der Waals surface area contributed by atoms with Gasteiger partial charge in [-0.1, -0.05) is 49.7 Å². The summed E-state index contributed by atoms with van der Waals surface area (Å²) in [6, 6.07) is 12.2. The highest BCUT2D eigenvalue weighted by molar-refractivity contribution is 6.30. The molecule has 2 amide bonds. The summed E-state index contributed by atoms with van der Waals surface area (Å²) in [4.78, 5) is 25.4. The van der Waals surface area contributed by atoms with Crippen LogP contribution in [-0.4, -0.2) is 22.0 Å². The molecule has 0 spiro atoms. The second kappa shape index (κ2) is 7.13. The van der Waals surface area contributed by atoms with Crippen molar-refractivity contribution < 1.29 is 9.59 Å². The predicted octanol–water partition coefficient (Wildman–Crippen LogP) is 4.28. The minimum absolute atomic E-state index is 0.253. The van der Waals surface area contributed by atoms with Gasteiger partial charge in [0.05, 0.1) is 17.5 Å². The van der Waals surface area contributed by atoms with Gasteiger partial charge < -0.3 is 10.6 Å². The molecule has 3 aromatic rings. The first-order valence-electron chi connectivity index (χ1n) is 8.99. The van der Waals surface area contributed by atoms with E-state index in [1.807, 2.05) is 24.3 Å². The Morgan fingerprint density at radius 1 is 1.21 bits per heavy atom. The highest BCUT2D eigenvalue weighted by atomic mass is 35.5. The molecule has 2 aromatic carbocycles. The molecule has 3 N–H and O–H groups in total. The monoisotopic (exact) mass is 394 g/mol. The number of anilines is 1. The lowest BCUT2D eigenvalue weighted by atomic mass is 9.98. The number of rotatable bonds is 4. The number of aromatic amines is 1. The lowest BCUT2D eigenvalue weighted by molar-refractivity contribution is -0.117. The van der Waals surface area contributed by atoms with Crippen molar-refractivity contribution in [2.24, 2.45) is 0 Å². The topological polar surface area (TPSA) is 86.9 Å². The second-order valence-corrected chi connectivity index (χ2v) is 7.50. The van der Waals surface area contributed by atoms with Crippen LogP contribution in [0.25, 0.3) is 11.3 Å². The van der Waals surface area contributed by atoms with Crippen molar-refractivity contribution >= 4 is 29.1 Å². The van der Waals surface area contributed by atoms with Crippen LogP contribution < -0.4 is 10.6 Å². The van der Waals surface area contributed by atoms with Gasteiger partial charge in [-0.05, 0) is 29.7 Å². The summed E-state index contributed by atoms with van der Waals surface area (Å²) in [5, 5.41) is 13.1. The van der Waals surface area contributed by atoms with E-state index < -0.39 is 6.04 Å². The number of carbonyl (C=O) groups is 2. The molecule has 0 bridgehead atoms. The highest BCUT2D eigenvalue weighted by Crippen LogP contribution is 2.34. The minimum atomic E-state index is -0.747. The van der Waals surface area contributed by atoms with Gasteiger partial charge in [0.25, 0.3) is 11.8 Å². The SMILES string of the molecule is CC(C)c1ccc2c(c1)C(NC(=O)c1cn[nH]c1-c1cccc(Cl)c1)C(=O)N2. The maximum atomic E-state index is 12.9. The van der Waals surface area contributed by atoms with E-state index in [0.717, 1.165) is 22.4 Å². The molecule has 1 aliphatic heterocycles. The van der Waals surface area contributed by atoms with E-state index in [0.29, 0.717) is 22.2 Å². The summed E-state index contributed by atoms with van der Waals surface area (Å²) in [6.07, 6.45) is 1.45. The smallest absolute Gasteiger partial charge is 0.256 e. The predicted molar refractivity (Wildman–Crippen MR) is 108 cm³/mol. The van der Waals surface area contributed by atoms with Gasteiger partial charge in [-0.3, -0.25) is 14.7 Å². The molecule has 4 rings (SSSR count). The minimum Gasteiger partial charge on any atom is -0.336 e. The number of aromatic nitrogens is 2. The lowest BCUT2D eigenvalue weighted by Crippen LogP contribution is -2.33. The standard InChI is InChI=1S/C21H19ClN4O2/c1-11(2)12-6-7-17-15(9-12)19(21(28)24-17)25-20(27)16-10-23-26-18(16)13-4-3-5-14(22)8-13/h3-11,19H,1-2H3,(H,23,26)(H,24,28)(H,25,27). The number of nitrogens with one attached hydrogen (secondary N) is 3. The van der Waals surface area contributed by atoms with Gasteiger partial charge >= 0.3 is 0 Å². The Morgan fingerprint density at radius 3 is 2.79 bits per heavy atom. The van der Waals surface area contributed by atoms with Crippen LogP contribution in [0.4, 0.5) is 5.69 Å². The zero-order chi connectivity index (χ0) is 19.8. The number of fused-ring (bicyclic) bond motifs is 1. The first-order valence-corrected chi connectivity index (χ1v) is 9.36. The largest absolute Gasteiger partial charge is 0.336 e. The molecule has 0 saturated heterocycles. The summed E-state index contributed by atoms with van der Waals surface area (Å²) in [7, 11) is 0. The molecule has 28 heavy (non-hydrogen) atoms. The van der Waals surface area contributed by atoms with E-state index >= 15 is 0 Å². The molecule has 142 valence electrons. The normalized spacial score (nSPS) is 15.4. The molecule has 0 aliphatic carbocycles. The maximum absolute atomic E-state index is 12.9. The van der Waals surface area contributed by atoms with Gasteiger partial charge in [-0.15, -0.1) is 0 Å². The Morgan fingerprint density at radius 2 is 2.04 bits per heavy atom. The number of H-pyrrole nitrogens is 1. The molecule has 6 nitrogen and oxygen atoms in total. The zero-order valence-electron chi connectivity index (χ0n) is 15.4. The summed E-state index contributed by atoms with van der Waals surface area (Å²) >= 11 is 6.06. The van der Waals surface area contributed by atoms with E-state index in [2.05, 4.69) is 34.7 Å². The molecule has 0 fully saturated rings. The molecule has 1 atom stereocenters. The summed E-state index contributed by atoms with van der Waals surface area (Å²) in [6.45, 7) is 4.17. The van der Waals surface area contributed by atoms with Crippen molar-refractivity contribution in [1.82, 2.24) is 15.5 Å². The maximum Gasteiger partial charge on any atom is 0.256 e. The third-order valence-electron chi connectivity index (χ3n) is 4.85. The third kappa shape index (κ3) is 3.27. The fourth-order valence-electron chi connectivity index (χ4n) is 3.31. The van der Waals surface area contributed by atoms with Gasteiger partial charge in [-0.2, -0.15) is 5.10 Å². The molecule has 0 saturated carbocycles. The number of carbonyl (C=O) groups excluding carboxylic acids is 2. The molecule has 0 radical (unpaired) electrons. The Hall–Kier alpha value is -3.12. The molecular weight excluding hydrogens is 376 g/mol. The van der Waals surface area contributed by atoms with E-state index in [9.17, 15) is 9.59 Å². The quantitative estimate of drug-likeness (QED) is 0.617. The highest BCUT2D eigenvalue weighted by Gasteiger charge is 2.33. The van der Waals surface area contributed by atoms with Crippen LogP contribution in [0.2, 0.25) is 5.02 Å². The van der Waals surface area contributed by atoms with Crippen LogP contribution >= 0.6 is 11.6 Å². The van der Waals surface area contributed by atoms with E-state index in [1.54, 1.807) is 18.2 Å². The molecule has 7 heteroatoms. The van der Waals surface area contributed by atoms with Crippen molar-refractivity contribution in [2.45, 2.75) is 25.8 Å². The van der Waals surface area contributed by atoms with Gasteiger partial charge in [0.2, 0.25) is 0 Å². The number of benzene rings is 2. The average Bonchev–Trinajstić information content (AvgIpc) is 3.26. The van der Waals surface area contributed by atoms with Crippen LogP contribution in [0.15, 0.2) is 48.7 Å². The average molecular weight is 395 g/mol. The van der Waals surface area contributed by atoms with Crippen molar-refractivity contribution in [1.29, 1.82) is 0 Å². The number of hydrogen-bond acceptors (Lipinski definition) is 3. The van der Waals surface area contributed by atoms with Crippen molar-refractivity contribution in [3.63, 3.8) is 0 Å². The van der Waals surface area contributed by atoms with Gasteiger partial charge in [0.1, 0.15) is 6.04 Å². The number of nitrogens with zero attached hydrogens (tertiary/aromatic N) is 1. The fourth-order valence-corrected chi connectivity index (χ4v) is 3.50. The molecule has 1 unspecified atom stereocenters. The van der Waals surface area contributed by atoms with E-state index in [-0.39, 0.29) is 11.8 Å². The van der Waals surface area contributed by atoms with Crippen LogP contribution in [0.3, 0.4) is 0 Å². The molecular formula is C21H19ClN4O2. The number of halogens is 1. The zero-order valence-corrected chi connectivity index (χ0v) is 16.2. The van der Waals surface area contributed by atoms with Gasteiger partial charge in [0.15, 0.2) is 0 Å².